The van der Waals surface area contributed by atoms with Gasteiger partial charge in [-0.15, -0.1) is 0 Å². The Morgan fingerprint density at radius 2 is 2.11 bits per heavy atom. The van der Waals surface area contributed by atoms with Crippen LogP contribution in [-0.4, -0.2) is 22.5 Å². The Morgan fingerprint density at radius 3 is 2.56 bits per heavy atom. The first kappa shape index (κ1) is 6.55. The minimum atomic E-state index is -0.122. The molecule has 0 aliphatic carbocycles. The van der Waals surface area contributed by atoms with Crippen molar-refractivity contribution in [3.63, 3.8) is 0 Å². The zero-order valence-corrected chi connectivity index (χ0v) is 5.08. The van der Waals surface area contributed by atoms with Gasteiger partial charge in [0.15, 0.2) is 0 Å². The van der Waals surface area contributed by atoms with Crippen molar-refractivity contribution in [3.05, 3.63) is 14.1 Å². The Bertz CT molecular complexity index is 124. The summed E-state index contributed by atoms with van der Waals surface area (Å²) < 4.78 is 0. The molecular weight excluding hydrogens is 116 g/mol. The number of hydrogen-bond donors (Lipinski definition) is 0. The lowest BCUT2D eigenvalue weighted by molar-refractivity contribution is -0.144. The van der Waals surface area contributed by atoms with Crippen LogP contribution in [0.1, 0.15) is 12.8 Å². The van der Waals surface area contributed by atoms with E-state index in [1.54, 1.807) is 0 Å². The SMILES string of the molecule is [CH]N1CCCC(=O)N1[CH]. The summed E-state index contributed by atoms with van der Waals surface area (Å²) in [7, 11) is 10.5. The molecule has 9 heavy (non-hydrogen) atoms. The van der Waals surface area contributed by atoms with Gasteiger partial charge in [-0.1, -0.05) is 0 Å². The van der Waals surface area contributed by atoms with E-state index < -0.39 is 0 Å². The second-order valence-corrected chi connectivity index (χ2v) is 2.00. The lowest BCUT2D eigenvalue weighted by atomic mass is 10.2. The highest BCUT2D eigenvalue weighted by Crippen LogP contribution is 2.08. The Labute approximate surface area is 55.2 Å². The number of carbonyl (C=O) groups excluding carboxylic acids is 1. The summed E-state index contributed by atoms with van der Waals surface area (Å²) in [6, 6.07) is 0. The Kier molecular flexibility index (Phi) is 1.71. The van der Waals surface area contributed by atoms with Gasteiger partial charge in [0.2, 0.25) is 5.91 Å². The van der Waals surface area contributed by atoms with Crippen LogP contribution in [0, 0.1) is 14.1 Å². The maximum atomic E-state index is 10.7. The van der Waals surface area contributed by atoms with Gasteiger partial charge in [-0.2, -0.15) is 0 Å². The molecule has 0 aromatic heterocycles. The highest BCUT2D eigenvalue weighted by atomic mass is 16.2. The van der Waals surface area contributed by atoms with Crippen molar-refractivity contribution in [1.82, 2.24) is 10.0 Å². The number of carbonyl (C=O) groups is 1. The van der Waals surface area contributed by atoms with Crippen LogP contribution in [0.15, 0.2) is 0 Å². The zero-order chi connectivity index (χ0) is 6.85. The van der Waals surface area contributed by atoms with E-state index in [4.69, 9.17) is 14.1 Å². The first-order valence-electron chi connectivity index (χ1n) is 2.81. The fourth-order valence-electron chi connectivity index (χ4n) is 0.758. The molecule has 1 saturated heterocycles. The van der Waals surface area contributed by atoms with E-state index in [9.17, 15) is 4.79 Å². The van der Waals surface area contributed by atoms with Crippen LogP contribution in [0.4, 0.5) is 0 Å². The van der Waals surface area contributed by atoms with E-state index in [0.717, 1.165) is 11.4 Å². The van der Waals surface area contributed by atoms with Crippen molar-refractivity contribution in [2.24, 2.45) is 0 Å². The van der Waals surface area contributed by atoms with Crippen molar-refractivity contribution < 1.29 is 4.79 Å². The van der Waals surface area contributed by atoms with Crippen LogP contribution in [-0.2, 0) is 4.79 Å². The molecule has 1 aliphatic rings. The maximum Gasteiger partial charge on any atom is 0.237 e. The molecule has 0 spiro atoms. The summed E-state index contributed by atoms with van der Waals surface area (Å²) in [5.74, 6) is -0.122. The fraction of sp³-hybridized carbons (Fsp3) is 0.500. The predicted molar refractivity (Wildman–Crippen MR) is 31.4 cm³/mol. The van der Waals surface area contributed by atoms with Crippen LogP contribution < -0.4 is 0 Å². The molecule has 1 heterocycles. The predicted octanol–water partition coefficient (Wildman–Crippen LogP) is 0.163. The lowest BCUT2D eigenvalue weighted by Crippen LogP contribution is -2.42. The molecule has 1 amide bonds. The average Bonchev–Trinajstić information content (AvgIpc) is 1.83. The fourth-order valence-corrected chi connectivity index (χ4v) is 0.758. The molecule has 4 radical (unpaired) electrons. The topological polar surface area (TPSA) is 23.6 Å². The quantitative estimate of drug-likeness (QED) is 0.459. The highest BCUT2D eigenvalue weighted by Gasteiger charge is 2.18. The van der Waals surface area contributed by atoms with Gasteiger partial charge in [-0.3, -0.25) is 9.80 Å². The number of rotatable bonds is 0. The average molecular weight is 124 g/mol. The van der Waals surface area contributed by atoms with E-state index in [2.05, 4.69) is 0 Å². The van der Waals surface area contributed by atoms with E-state index in [1.807, 2.05) is 0 Å². The summed E-state index contributed by atoms with van der Waals surface area (Å²) in [5, 5.41) is 2.16. The first-order valence-corrected chi connectivity index (χ1v) is 2.81. The second-order valence-electron chi connectivity index (χ2n) is 2.00. The van der Waals surface area contributed by atoms with Gasteiger partial charge < -0.3 is 0 Å². The van der Waals surface area contributed by atoms with Gasteiger partial charge in [0.05, 0.1) is 14.1 Å². The van der Waals surface area contributed by atoms with E-state index in [0.29, 0.717) is 13.0 Å². The highest BCUT2D eigenvalue weighted by molar-refractivity contribution is 5.76. The molecule has 3 heteroatoms. The van der Waals surface area contributed by atoms with E-state index >= 15 is 0 Å². The third-order valence-corrected chi connectivity index (χ3v) is 1.31. The van der Waals surface area contributed by atoms with Crippen LogP contribution in [0.2, 0.25) is 0 Å². The summed E-state index contributed by atoms with van der Waals surface area (Å²) >= 11 is 0. The molecule has 1 fully saturated rings. The minimum Gasteiger partial charge on any atom is -0.273 e. The van der Waals surface area contributed by atoms with Crippen LogP contribution in [0.5, 0.6) is 0 Å². The molecule has 0 saturated carbocycles. The van der Waals surface area contributed by atoms with E-state index in [-0.39, 0.29) is 5.91 Å². The minimum absolute atomic E-state index is 0.122. The smallest absolute Gasteiger partial charge is 0.237 e. The molecule has 0 bridgehead atoms. The molecular formula is C6H8N2O. The lowest BCUT2D eigenvalue weighted by Gasteiger charge is -2.30. The monoisotopic (exact) mass is 124 g/mol. The van der Waals surface area contributed by atoms with E-state index in [1.165, 1.54) is 5.01 Å². The normalized spacial score (nSPS) is 22.9. The molecule has 0 N–H and O–H groups in total. The van der Waals surface area contributed by atoms with Crippen LogP contribution >= 0.6 is 0 Å². The molecule has 3 nitrogen and oxygen atoms in total. The Balaban J connectivity index is 2.51. The molecule has 0 atom stereocenters. The summed E-state index contributed by atoms with van der Waals surface area (Å²) in [5.41, 5.74) is 0. The molecule has 48 valence electrons. The molecule has 1 rings (SSSR count). The standard InChI is InChI=1S/C6H8N2O/c1-7-5-3-4-6(9)8(7)2/h1-2H,3-5H2. The largest absolute Gasteiger partial charge is 0.273 e. The first-order chi connectivity index (χ1) is 4.22. The Hall–Kier alpha value is -0.570. The number of hydrogen-bond acceptors (Lipinski definition) is 2. The number of hydrazine groups is 1. The van der Waals surface area contributed by atoms with Crippen molar-refractivity contribution in [3.8, 4) is 0 Å². The van der Waals surface area contributed by atoms with Gasteiger partial charge >= 0.3 is 0 Å². The second kappa shape index (κ2) is 2.35. The summed E-state index contributed by atoms with van der Waals surface area (Å²) in [6.07, 6.45) is 1.30. The zero-order valence-electron chi connectivity index (χ0n) is 5.08. The van der Waals surface area contributed by atoms with Crippen LogP contribution in [0.25, 0.3) is 0 Å². The molecule has 1 aliphatic heterocycles. The van der Waals surface area contributed by atoms with Crippen molar-refractivity contribution in [2.75, 3.05) is 6.54 Å². The molecule has 0 aromatic carbocycles. The number of amides is 1. The third kappa shape index (κ3) is 1.21. The van der Waals surface area contributed by atoms with Gasteiger partial charge in [0.1, 0.15) is 0 Å². The van der Waals surface area contributed by atoms with Gasteiger partial charge in [0.25, 0.3) is 0 Å². The summed E-state index contributed by atoms with van der Waals surface area (Å²) in [6.45, 7) is 0.655. The number of nitrogens with zero attached hydrogens (tertiary/aromatic N) is 2. The Morgan fingerprint density at radius 1 is 1.44 bits per heavy atom. The maximum absolute atomic E-state index is 10.7. The van der Waals surface area contributed by atoms with Crippen molar-refractivity contribution in [2.45, 2.75) is 12.8 Å². The molecule has 0 aromatic rings. The summed E-state index contributed by atoms with van der Waals surface area (Å²) in [4.78, 5) is 10.7. The van der Waals surface area contributed by atoms with Crippen molar-refractivity contribution >= 4 is 5.91 Å². The molecule has 0 unspecified atom stereocenters. The van der Waals surface area contributed by atoms with Crippen molar-refractivity contribution in [1.29, 1.82) is 0 Å². The van der Waals surface area contributed by atoms with Gasteiger partial charge in [-0.05, 0) is 6.42 Å². The van der Waals surface area contributed by atoms with Crippen LogP contribution in [0.3, 0.4) is 0 Å². The third-order valence-electron chi connectivity index (χ3n) is 1.31. The van der Waals surface area contributed by atoms with Gasteiger partial charge in [0, 0.05) is 13.0 Å². The van der Waals surface area contributed by atoms with Gasteiger partial charge in [-0.25, -0.2) is 5.01 Å².